The molecule has 4 nitrogen and oxygen atoms in total. The van der Waals surface area contributed by atoms with Gasteiger partial charge >= 0.3 is 0 Å². The Balaban J connectivity index is 1.85. The summed E-state index contributed by atoms with van der Waals surface area (Å²) in [7, 11) is 0. The molecule has 4 rings (SSSR count). The van der Waals surface area contributed by atoms with E-state index in [4.69, 9.17) is 23.2 Å². The van der Waals surface area contributed by atoms with Crippen molar-refractivity contribution in [3.63, 3.8) is 0 Å². The molecule has 2 heterocycles. The number of aromatic nitrogens is 4. The lowest BCUT2D eigenvalue weighted by Gasteiger charge is -2.01. The van der Waals surface area contributed by atoms with E-state index in [2.05, 4.69) is 15.3 Å². The van der Waals surface area contributed by atoms with E-state index in [0.717, 1.165) is 10.6 Å². The Morgan fingerprint density at radius 1 is 1.00 bits per heavy atom. The first kappa shape index (κ1) is 14.6. The predicted molar refractivity (Wildman–Crippen MR) is 89.5 cm³/mol. The van der Waals surface area contributed by atoms with Crippen molar-refractivity contribution in [2.75, 3.05) is 0 Å². The lowest BCUT2D eigenvalue weighted by Crippen LogP contribution is -1.92. The molecule has 0 saturated carbocycles. The molecule has 23 heavy (non-hydrogen) atoms. The van der Waals surface area contributed by atoms with Crippen molar-refractivity contribution < 1.29 is 4.39 Å². The largest absolute Gasteiger partial charge is 0.235 e. The van der Waals surface area contributed by atoms with Gasteiger partial charge in [-0.25, -0.2) is 4.39 Å². The maximum absolute atomic E-state index is 13.0. The van der Waals surface area contributed by atoms with Gasteiger partial charge in [0.15, 0.2) is 5.82 Å². The summed E-state index contributed by atoms with van der Waals surface area (Å²) < 4.78 is 14.7. The second-order valence-corrected chi connectivity index (χ2v) is 6.56. The van der Waals surface area contributed by atoms with Crippen LogP contribution in [0.3, 0.4) is 0 Å². The molecule has 0 fully saturated rings. The maximum atomic E-state index is 13.0. The zero-order valence-electron chi connectivity index (χ0n) is 11.4. The van der Waals surface area contributed by atoms with Crippen LogP contribution in [0.25, 0.3) is 26.9 Å². The summed E-state index contributed by atoms with van der Waals surface area (Å²) in [5, 5.41) is 14.5. The Hall–Kier alpha value is -2.02. The second-order valence-electron chi connectivity index (χ2n) is 4.76. The zero-order chi connectivity index (χ0) is 16.0. The molecule has 0 atom stereocenters. The minimum absolute atomic E-state index is 0.287. The summed E-state index contributed by atoms with van der Waals surface area (Å²) in [6.07, 6.45) is 0. The van der Waals surface area contributed by atoms with Gasteiger partial charge in [-0.2, -0.15) is 9.61 Å². The topological polar surface area (TPSA) is 43.1 Å². The molecule has 0 aliphatic carbocycles. The number of nitrogens with zero attached hydrogens (tertiary/aromatic N) is 4. The van der Waals surface area contributed by atoms with E-state index in [1.54, 1.807) is 34.8 Å². The van der Waals surface area contributed by atoms with Crippen molar-refractivity contribution in [1.29, 1.82) is 0 Å². The van der Waals surface area contributed by atoms with Crippen LogP contribution in [0.5, 0.6) is 0 Å². The van der Waals surface area contributed by atoms with E-state index in [0.29, 0.717) is 26.4 Å². The third-order valence-corrected chi connectivity index (χ3v) is 4.75. The van der Waals surface area contributed by atoms with Crippen LogP contribution in [0.4, 0.5) is 4.39 Å². The van der Waals surface area contributed by atoms with Crippen molar-refractivity contribution in [3.05, 3.63) is 58.3 Å². The van der Waals surface area contributed by atoms with Gasteiger partial charge in [0.1, 0.15) is 10.8 Å². The highest BCUT2D eigenvalue weighted by Gasteiger charge is 2.16. The van der Waals surface area contributed by atoms with E-state index >= 15 is 0 Å². The normalized spacial score (nSPS) is 11.3. The van der Waals surface area contributed by atoms with Gasteiger partial charge in [0, 0.05) is 16.1 Å². The zero-order valence-corrected chi connectivity index (χ0v) is 13.7. The molecule has 0 spiro atoms. The highest BCUT2D eigenvalue weighted by Crippen LogP contribution is 2.32. The Morgan fingerprint density at radius 2 is 1.78 bits per heavy atom. The van der Waals surface area contributed by atoms with Gasteiger partial charge in [0.2, 0.25) is 4.96 Å². The Labute approximate surface area is 144 Å². The van der Waals surface area contributed by atoms with Gasteiger partial charge in [0.05, 0.1) is 5.02 Å². The molecule has 2 aromatic heterocycles. The Morgan fingerprint density at radius 3 is 2.52 bits per heavy atom. The molecule has 0 amide bonds. The molecule has 0 aliphatic rings. The average Bonchev–Trinajstić information content (AvgIpc) is 3.09. The first-order chi connectivity index (χ1) is 11.1. The molecule has 0 N–H and O–H groups in total. The number of hydrogen-bond donors (Lipinski definition) is 0. The number of hydrogen-bond acceptors (Lipinski definition) is 4. The van der Waals surface area contributed by atoms with Crippen molar-refractivity contribution in [1.82, 2.24) is 19.8 Å². The summed E-state index contributed by atoms with van der Waals surface area (Å²) >= 11 is 13.5. The van der Waals surface area contributed by atoms with Gasteiger partial charge in [-0.15, -0.1) is 10.2 Å². The molecular formula is C15H7Cl2FN4S. The van der Waals surface area contributed by atoms with Crippen molar-refractivity contribution >= 4 is 39.5 Å². The summed E-state index contributed by atoms with van der Waals surface area (Å²) in [6, 6.07) is 11.3. The van der Waals surface area contributed by atoms with Crippen LogP contribution in [0.1, 0.15) is 0 Å². The highest BCUT2D eigenvalue weighted by atomic mass is 35.5. The molecule has 0 aliphatic heterocycles. The lowest BCUT2D eigenvalue weighted by molar-refractivity contribution is 0.628. The fraction of sp³-hybridized carbons (Fsp3) is 0. The van der Waals surface area contributed by atoms with Crippen molar-refractivity contribution in [3.8, 4) is 22.0 Å². The minimum atomic E-state index is -0.287. The minimum Gasteiger partial charge on any atom is -0.207 e. The third-order valence-electron chi connectivity index (χ3n) is 3.25. The first-order valence-electron chi connectivity index (χ1n) is 6.55. The van der Waals surface area contributed by atoms with Crippen molar-refractivity contribution in [2.24, 2.45) is 0 Å². The van der Waals surface area contributed by atoms with Gasteiger partial charge < -0.3 is 0 Å². The summed E-state index contributed by atoms with van der Waals surface area (Å²) in [6.45, 7) is 0. The van der Waals surface area contributed by atoms with E-state index in [1.165, 1.54) is 23.5 Å². The number of halogens is 3. The third kappa shape index (κ3) is 2.59. The molecule has 0 radical (unpaired) electrons. The Kier molecular flexibility index (Phi) is 3.52. The van der Waals surface area contributed by atoms with E-state index in [-0.39, 0.29) is 5.82 Å². The first-order valence-corrected chi connectivity index (χ1v) is 8.13. The summed E-state index contributed by atoms with van der Waals surface area (Å²) in [4.78, 5) is 0.630. The summed E-state index contributed by atoms with van der Waals surface area (Å²) in [5.74, 6) is 0.247. The van der Waals surface area contributed by atoms with Gasteiger partial charge in [0.25, 0.3) is 0 Å². The van der Waals surface area contributed by atoms with E-state index in [1.807, 2.05) is 0 Å². The van der Waals surface area contributed by atoms with Crippen molar-refractivity contribution in [2.45, 2.75) is 0 Å². The lowest BCUT2D eigenvalue weighted by atomic mass is 10.2. The number of rotatable bonds is 2. The summed E-state index contributed by atoms with van der Waals surface area (Å²) in [5.41, 5.74) is 1.51. The van der Waals surface area contributed by atoms with Crippen LogP contribution >= 0.6 is 34.5 Å². The molecule has 8 heteroatoms. The predicted octanol–water partition coefficient (Wildman–Crippen LogP) is 4.97. The van der Waals surface area contributed by atoms with Crippen LogP contribution < -0.4 is 0 Å². The van der Waals surface area contributed by atoms with E-state index < -0.39 is 0 Å². The van der Waals surface area contributed by atoms with Gasteiger partial charge in [-0.05, 0) is 42.5 Å². The number of benzene rings is 2. The van der Waals surface area contributed by atoms with Gasteiger partial charge in [-0.3, -0.25) is 0 Å². The molecule has 0 saturated heterocycles. The van der Waals surface area contributed by atoms with Crippen LogP contribution in [-0.4, -0.2) is 19.8 Å². The fourth-order valence-corrected chi connectivity index (χ4v) is 3.50. The Bertz CT molecular complexity index is 1010. The molecule has 114 valence electrons. The fourth-order valence-electron chi connectivity index (χ4n) is 2.16. The van der Waals surface area contributed by atoms with Crippen LogP contribution in [-0.2, 0) is 0 Å². The van der Waals surface area contributed by atoms with Crippen LogP contribution in [0.15, 0.2) is 42.5 Å². The van der Waals surface area contributed by atoms with Crippen LogP contribution in [0, 0.1) is 5.82 Å². The molecule has 2 aromatic carbocycles. The average molecular weight is 365 g/mol. The SMILES string of the molecule is Fc1ccc(-c2nn3c(-c4ccc(Cl)cc4Cl)nnc3s2)cc1. The van der Waals surface area contributed by atoms with Crippen LogP contribution in [0.2, 0.25) is 10.0 Å². The number of fused-ring (bicyclic) bond motifs is 1. The maximum Gasteiger partial charge on any atom is 0.235 e. The van der Waals surface area contributed by atoms with Gasteiger partial charge in [-0.1, -0.05) is 34.5 Å². The molecule has 4 aromatic rings. The molecule has 0 unspecified atom stereocenters. The monoisotopic (exact) mass is 364 g/mol. The second kappa shape index (κ2) is 5.56. The quantitative estimate of drug-likeness (QED) is 0.504. The van der Waals surface area contributed by atoms with E-state index in [9.17, 15) is 4.39 Å². The molecular weight excluding hydrogens is 358 g/mol. The smallest absolute Gasteiger partial charge is 0.207 e. The highest BCUT2D eigenvalue weighted by molar-refractivity contribution is 7.19. The standard InChI is InChI=1S/C15H7Cl2FN4S/c16-9-3-6-11(12(17)7-9)13-19-20-15-22(13)21-14(23-15)8-1-4-10(18)5-2-8/h1-7H. The molecule has 0 bridgehead atoms.